The van der Waals surface area contributed by atoms with E-state index in [1.807, 2.05) is 0 Å². The minimum Gasteiger partial charge on any atom is -0.379 e. The molecule has 2 aromatic rings. The van der Waals surface area contributed by atoms with E-state index >= 15 is 0 Å². The van der Waals surface area contributed by atoms with Gasteiger partial charge in [0, 0.05) is 17.1 Å². The second-order valence-electron chi connectivity index (χ2n) is 4.17. The van der Waals surface area contributed by atoms with Crippen molar-refractivity contribution in [1.29, 1.82) is 0 Å². The molecule has 2 rings (SSSR count). The van der Waals surface area contributed by atoms with Gasteiger partial charge in [-0.3, -0.25) is 10.1 Å². The van der Waals surface area contributed by atoms with Crippen molar-refractivity contribution in [1.82, 2.24) is 0 Å². The van der Waals surface area contributed by atoms with Crippen LogP contribution in [0.15, 0.2) is 34.8 Å². The Bertz CT molecular complexity index is 690. The Morgan fingerprint density at radius 3 is 2.38 bits per heavy atom. The predicted molar refractivity (Wildman–Crippen MR) is 84.5 cm³/mol. The van der Waals surface area contributed by atoms with Gasteiger partial charge in [-0.2, -0.15) is 0 Å². The zero-order valence-corrected chi connectivity index (χ0v) is 13.5. The molecule has 0 saturated heterocycles. The number of halogens is 4. The molecule has 0 saturated carbocycles. The predicted octanol–water partition coefficient (Wildman–Crippen LogP) is 5.42. The summed E-state index contributed by atoms with van der Waals surface area (Å²) in [7, 11) is 0. The van der Waals surface area contributed by atoms with Crippen molar-refractivity contribution in [3.8, 4) is 0 Å². The van der Waals surface area contributed by atoms with Crippen LogP contribution in [-0.2, 0) is 6.54 Å². The smallest absolute Gasteiger partial charge is 0.272 e. The standard InChI is InChI=1S/C13H8BrCl2FN2O2/c14-8-3-11(15)13(12(16)4-8)18-6-7-1-9(17)5-10(2-7)19(20)21/h1-5,18H,6H2. The molecule has 4 nitrogen and oxygen atoms in total. The van der Waals surface area contributed by atoms with E-state index in [0.29, 0.717) is 21.3 Å². The van der Waals surface area contributed by atoms with Crippen LogP contribution in [0.5, 0.6) is 0 Å². The highest BCUT2D eigenvalue weighted by molar-refractivity contribution is 9.10. The van der Waals surface area contributed by atoms with Crippen LogP contribution in [0.3, 0.4) is 0 Å². The van der Waals surface area contributed by atoms with Crippen LogP contribution < -0.4 is 5.32 Å². The van der Waals surface area contributed by atoms with Crippen LogP contribution in [0.2, 0.25) is 10.0 Å². The van der Waals surface area contributed by atoms with Crippen LogP contribution in [0.4, 0.5) is 15.8 Å². The minimum atomic E-state index is -0.672. The van der Waals surface area contributed by atoms with Crippen LogP contribution in [0.1, 0.15) is 5.56 Å². The van der Waals surface area contributed by atoms with Gasteiger partial charge in [0.2, 0.25) is 0 Å². The first-order valence-corrected chi connectivity index (χ1v) is 7.24. The first-order valence-electron chi connectivity index (χ1n) is 5.69. The number of anilines is 1. The number of nitrogens with one attached hydrogen (secondary N) is 1. The highest BCUT2D eigenvalue weighted by Crippen LogP contribution is 2.34. The average molecular weight is 394 g/mol. The third-order valence-corrected chi connectivity index (χ3v) is 3.68. The maximum Gasteiger partial charge on any atom is 0.272 e. The number of rotatable bonds is 4. The lowest BCUT2D eigenvalue weighted by atomic mass is 10.2. The van der Waals surface area contributed by atoms with Crippen molar-refractivity contribution in [3.63, 3.8) is 0 Å². The minimum absolute atomic E-state index is 0.152. The van der Waals surface area contributed by atoms with Crippen LogP contribution in [-0.4, -0.2) is 4.92 Å². The zero-order chi connectivity index (χ0) is 15.6. The monoisotopic (exact) mass is 392 g/mol. The van der Waals surface area contributed by atoms with E-state index < -0.39 is 10.7 Å². The number of non-ortho nitro benzene ring substituents is 1. The summed E-state index contributed by atoms with van der Waals surface area (Å²) >= 11 is 15.4. The molecule has 0 atom stereocenters. The van der Waals surface area contributed by atoms with Crippen molar-refractivity contribution in [2.75, 3.05) is 5.32 Å². The van der Waals surface area contributed by atoms with Gasteiger partial charge in [0.15, 0.2) is 0 Å². The summed E-state index contributed by atoms with van der Waals surface area (Å²) in [5.41, 5.74) is 0.588. The van der Waals surface area contributed by atoms with Gasteiger partial charge in [0.25, 0.3) is 5.69 Å². The molecular formula is C13H8BrCl2FN2O2. The van der Waals surface area contributed by atoms with E-state index in [9.17, 15) is 14.5 Å². The Morgan fingerprint density at radius 1 is 1.19 bits per heavy atom. The molecular weight excluding hydrogens is 386 g/mol. The maximum absolute atomic E-state index is 13.3. The maximum atomic E-state index is 13.3. The molecule has 0 fully saturated rings. The topological polar surface area (TPSA) is 55.2 Å². The molecule has 110 valence electrons. The van der Waals surface area contributed by atoms with E-state index in [-0.39, 0.29) is 12.2 Å². The van der Waals surface area contributed by atoms with Crippen molar-refractivity contribution in [3.05, 3.63) is 66.3 Å². The summed E-state index contributed by atoms with van der Waals surface area (Å²) < 4.78 is 14.1. The van der Waals surface area contributed by atoms with Crippen LogP contribution in [0.25, 0.3) is 0 Å². The molecule has 0 radical (unpaired) electrons. The molecule has 0 aromatic heterocycles. The zero-order valence-electron chi connectivity index (χ0n) is 10.4. The Kier molecular flexibility index (Phi) is 5.03. The van der Waals surface area contributed by atoms with Crippen molar-refractivity contribution >= 4 is 50.5 Å². The van der Waals surface area contributed by atoms with E-state index in [2.05, 4.69) is 21.2 Å². The number of nitro groups is 1. The quantitative estimate of drug-likeness (QED) is 0.557. The lowest BCUT2D eigenvalue weighted by Gasteiger charge is -2.11. The van der Waals surface area contributed by atoms with Gasteiger partial charge >= 0.3 is 0 Å². The molecule has 0 amide bonds. The Labute approximate surface area is 138 Å². The van der Waals surface area contributed by atoms with Gasteiger partial charge < -0.3 is 5.32 Å². The van der Waals surface area contributed by atoms with Gasteiger partial charge in [0.1, 0.15) is 5.82 Å². The normalized spacial score (nSPS) is 10.5. The van der Waals surface area contributed by atoms with E-state index in [4.69, 9.17) is 23.2 Å². The Hall–Kier alpha value is -1.37. The fraction of sp³-hybridized carbons (Fsp3) is 0.0769. The average Bonchev–Trinajstić information content (AvgIpc) is 2.36. The molecule has 21 heavy (non-hydrogen) atoms. The van der Waals surface area contributed by atoms with Gasteiger partial charge in [0.05, 0.1) is 26.7 Å². The first kappa shape index (κ1) is 16.0. The van der Waals surface area contributed by atoms with Crippen LogP contribution in [0, 0.1) is 15.9 Å². The second-order valence-corrected chi connectivity index (χ2v) is 5.90. The molecule has 0 aliphatic heterocycles. The number of hydrogen-bond acceptors (Lipinski definition) is 3. The molecule has 0 aliphatic carbocycles. The van der Waals surface area contributed by atoms with Crippen LogP contribution >= 0.6 is 39.1 Å². The third-order valence-electron chi connectivity index (χ3n) is 2.63. The molecule has 0 heterocycles. The van der Waals surface area contributed by atoms with Gasteiger partial charge in [-0.1, -0.05) is 39.1 Å². The summed E-state index contributed by atoms with van der Waals surface area (Å²) in [6, 6.07) is 6.67. The lowest BCUT2D eigenvalue weighted by Crippen LogP contribution is -2.02. The van der Waals surface area contributed by atoms with E-state index in [1.54, 1.807) is 12.1 Å². The number of benzene rings is 2. The summed E-state index contributed by atoms with van der Waals surface area (Å²) in [6.07, 6.45) is 0. The number of nitro benzene ring substituents is 1. The fourth-order valence-corrected chi connectivity index (χ4v) is 3.08. The molecule has 0 aliphatic rings. The Balaban J connectivity index is 2.23. The molecule has 2 aromatic carbocycles. The molecule has 8 heteroatoms. The lowest BCUT2D eigenvalue weighted by molar-refractivity contribution is -0.385. The van der Waals surface area contributed by atoms with Crippen molar-refractivity contribution in [2.24, 2.45) is 0 Å². The molecule has 1 N–H and O–H groups in total. The van der Waals surface area contributed by atoms with Crippen molar-refractivity contribution in [2.45, 2.75) is 6.54 Å². The first-order chi connectivity index (χ1) is 9.86. The summed E-state index contributed by atoms with van der Waals surface area (Å²) in [5, 5.41) is 14.4. The Morgan fingerprint density at radius 2 is 1.81 bits per heavy atom. The molecule has 0 bridgehead atoms. The summed E-state index contributed by atoms with van der Waals surface area (Å²) in [5.74, 6) is -0.672. The number of hydrogen-bond donors (Lipinski definition) is 1. The third kappa shape index (κ3) is 4.06. The second kappa shape index (κ2) is 6.60. The van der Waals surface area contributed by atoms with Gasteiger partial charge in [-0.25, -0.2) is 4.39 Å². The molecule has 0 spiro atoms. The fourth-order valence-electron chi connectivity index (χ4n) is 1.74. The summed E-state index contributed by atoms with van der Waals surface area (Å²) in [6.45, 7) is 0.152. The highest BCUT2D eigenvalue weighted by atomic mass is 79.9. The van der Waals surface area contributed by atoms with E-state index in [0.717, 1.165) is 10.5 Å². The SMILES string of the molecule is O=[N+]([O-])c1cc(F)cc(CNc2c(Cl)cc(Br)cc2Cl)c1. The van der Waals surface area contributed by atoms with Gasteiger partial charge in [-0.05, 0) is 23.8 Å². The largest absolute Gasteiger partial charge is 0.379 e. The van der Waals surface area contributed by atoms with E-state index in [1.165, 1.54) is 12.1 Å². The highest BCUT2D eigenvalue weighted by Gasteiger charge is 2.11. The van der Waals surface area contributed by atoms with Crippen molar-refractivity contribution < 1.29 is 9.31 Å². The molecule has 0 unspecified atom stereocenters. The number of nitrogens with zero attached hydrogens (tertiary/aromatic N) is 1. The summed E-state index contributed by atoms with van der Waals surface area (Å²) in [4.78, 5) is 10.0. The van der Waals surface area contributed by atoms with Gasteiger partial charge in [-0.15, -0.1) is 0 Å².